The van der Waals surface area contributed by atoms with E-state index in [1.807, 2.05) is 6.07 Å². The second-order valence-electron chi connectivity index (χ2n) is 5.44. The van der Waals surface area contributed by atoms with Crippen molar-refractivity contribution >= 4 is 17.9 Å². The minimum atomic E-state index is -0.673. The summed E-state index contributed by atoms with van der Waals surface area (Å²) in [4.78, 5) is 22.0. The van der Waals surface area contributed by atoms with E-state index in [1.54, 1.807) is 0 Å². The zero-order valence-electron chi connectivity index (χ0n) is 12.2. The summed E-state index contributed by atoms with van der Waals surface area (Å²) in [5.41, 5.74) is -0.123. The molecule has 2 rings (SSSR count). The average molecular weight is 303 g/mol. The standard InChI is InChI=1S/C15H17N3O4/c1-10-4-2-3-5-13(10)17-15(19)11(9-16)8-12-6-7-14(22-12)18(20)21/h6-8,10,13H,2-5H2,1H3,(H,17,19). The monoisotopic (exact) mass is 303 g/mol. The summed E-state index contributed by atoms with van der Waals surface area (Å²) in [7, 11) is 0. The van der Waals surface area contributed by atoms with Crippen molar-refractivity contribution in [1.82, 2.24) is 5.32 Å². The lowest BCUT2D eigenvalue weighted by Gasteiger charge is -2.29. The molecule has 0 bridgehead atoms. The first-order valence-corrected chi connectivity index (χ1v) is 7.18. The molecular formula is C15H17N3O4. The summed E-state index contributed by atoms with van der Waals surface area (Å²) in [6.45, 7) is 2.08. The maximum Gasteiger partial charge on any atom is 0.433 e. The molecule has 1 heterocycles. The van der Waals surface area contributed by atoms with Crippen molar-refractivity contribution in [3.63, 3.8) is 0 Å². The molecule has 1 aliphatic carbocycles. The van der Waals surface area contributed by atoms with E-state index >= 15 is 0 Å². The van der Waals surface area contributed by atoms with Gasteiger partial charge in [0, 0.05) is 12.1 Å². The molecule has 7 heteroatoms. The van der Waals surface area contributed by atoms with Gasteiger partial charge < -0.3 is 9.73 Å². The molecule has 0 radical (unpaired) electrons. The summed E-state index contributed by atoms with van der Waals surface area (Å²) >= 11 is 0. The van der Waals surface area contributed by atoms with E-state index in [2.05, 4.69) is 12.2 Å². The van der Waals surface area contributed by atoms with Gasteiger partial charge in [-0.3, -0.25) is 14.9 Å². The number of nitrogens with zero attached hydrogens (tertiary/aromatic N) is 2. The fourth-order valence-corrected chi connectivity index (χ4v) is 2.59. The van der Waals surface area contributed by atoms with E-state index in [-0.39, 0.29) is 17.4 Å². The van der Waals surface area contributed by atoms with Crippen LogP contribution in [0.3, 0.4) is 0 Å². The Morgan fingerprint density at radius 1 is 1.50 bits per heavy atom. The fraction of sp³-hybridized carbons (Fsp3) is 0.467. The molecule has 7 nitrogen and oxygen atoms in total. The highest BCUT2D eigenvalue weighted by Crippen LogP contribution is 2.24. The maximum atomic E-state index is 12.2. The van der Waals surface area contributed by atoms with Crippen molar-refractivity contribution in [1.29, 1.82) is 5.26 Å². The van der Waals surface area contributed by atoms with Gasteiger partial charge >= 0.3 is 5.88 Å². The molecule has 2 unspecified atom stereocenters. The van der Waals surface area contributed by atoms with Crippen LogP contribution in [0.2, 0.25) is 0 Å². The highest BCUT2D eigenvalue weighted by atomic mass is 16.6. The van der Waals surface area contributed by atoms with Crippen LogP contribution in [-0.4, -0.2) is 16.9 Å². The third-order valence-electron chi connectivity index (χ3n) is 3.87. The Labute approximate surface area is 127 Å². The molecule has 116 valence electrons. The predicted octanol–water partition coefficient (Wildman–Crippen LogP) is 2.79. The molecule has 1 saturated carbocycles. The van der Waals surface area contributed by atoms with E-state index in [0.29, 0.717) is 5.92 Å². The Bertz CT molecular complexity index is 641. The minimum absolute atomic E-state index is 0.0592. The number of furan rings is 1. The SMILES string of the molecule is CC1CCCCC1NC(=O)C(C#N)=Cc1ccc([N+](=O)[O-])o1. The number of amides is 1. The Morgan fingerprint density at radius 2 is 2.23 bits per heavy atom. The number of nitrogens with one attached hydrogen (secondary N) is 1. The van der Waals surface area contributed by atoms with Gasteiger partial charge in [0.25, 0.3) is 5.91 Å². The third-order valence-corrected chi connectivity index (χ3v) is 3.87. The number of hydrogen-bond donors (Lipinski definition) is 1. The van der Waals surface area contributed by atoms with Crippen LogP contribution in [0, 0.1) is 27.4 Å². The lowest BCUT2D eigenvalue weighted by Crippen LogP contribution is -2.41. The first kappa shape index (κ1) is 15.8. The van der Waals surface area contributed by atoms with Crippen molar-refractivity contribution in [2.24, 2.45) is 5.92 Å². The molecule has 1 amide bonds. The second-order valence-corrected chi connectivity index (χ2v) is 5.44. The Kier molecular flexibility index (Phi) is 4.94. The summed E-state index contributed by atoms with van der Waals surface area (Å²) in [6, 6.07) is 4.41. The van der Waals surface area contributed by atoms with Gasteiger partial charge in [-0.2, -0.15) is 5.26 Å². The van der Waals surface area contributed by atoms with E-state index in [0.717, 1.165) is 25.7 Å². The van der Waals surface area contributed by atoms with Crippen LogP contribution in [0.4, 0.5) is 5.88 Å². The van der Waals surface area contributed by atoms with Crippen LogP contribution in [0.15, 0.2) is 22.1 Å². The largest absolute Gasteiger partial charge is 0.433 e. The van der Waals surface area contributed by atoms with Gasteiger partial charge in [0.1, 0.15) is 22.3 Å². The summed E-state index contributed by atoms with van der Waals surface area (Å²) < 4.78 is 4.93. The van der Waals surface area contributed by atoms with Crippen molar-refractivity contribution in [2.45, 2.75) is 38.6 Å². The van der Waals surface area contributed by atoms with Crippen molar-refractivity contribution in [2.75, 3.05) is 0 Å². The fourth-order valence-electron chi connectivity index (χ4n) is 2.59. The Hall–Kier alpha value is -2.62. The predicted molar refractivity (Wildman–Crippen MR) is 78.5 cm³/mol. The molecule has 22 heavy (non-hydrogen) atoms. The van der Waals surface area contributed by atoms with Crippen molar-refractivity contribution < 1.29 is 14.1 Å². The van der Waals surface area contributed by atoms with Crippen LogP contribution >= 0.6 is 0 Å². The second kappa shape index (κ2) is 6.89. The van der Waals surface area contributed by atoms with E-state index < -0.39 is 16.7 Å². The number of hydrogen-bond acceptors (Lipinski definition) is 5. The van der Waals surface area contributed by atoms with Gasteiger partial charge in [0.15, 0.2) is 0 Å². The van der Waals surface area contributed by atoms with E-state index in [9.17, 15) is 14.9 Å². The first-order chi connectivity index (χ1) is 10.5. The molecular weight excluding hydrogens is 286 g/mol. The quantitative estimate of drug-likeness (QED) is 0.398. The lowest BCUT2D eigenvalue weighted by molar-refractivity contribution is -0.402. The lowest BCUT2D eigenvalue weighted by atomic mass is 9.86. The minimum Gasteiger partial charge on any atom is -0.401 e. The Morgan fingerprint density at radius 3 is 2.82 bits per heavy atom. The van der Waals surface area contributed by atoms with Gasteiger partial charge in [-0.05, 0) is 24.8 Å². The van der Waals surface area contributed by atoms with Crippen molar-refractivity contribution in [3.05, 3.63) is 33.6 Å². The molecule has 1 fully saturated rings. The number of nitriles is 1. The summed E-state index contributed by atoms with van der Waals surface area (Å²) in [6.07, 6.45) is 5.39. The van der Waals surface area contributed by atoms with Gasteiger partial charge in [-0.1, -0.05) is 19.8 Å². The first-order valence-electron chi connectivity index (χ1n) is 7.18. The van der Waals surface area contributed by atoms with Crippen molar-refractivity contribution in [3.8, 4) is 6.07 Å². The van der Waals surface area contributed by atoms with Gasteiger partial charge in [-0.25, -0.2) is 0 Å². The zero-order chi connectivity index (χ0) is 16.1. The molecule has 1 aromatic heterocycles. The smallest absolute Gasteiger partial charge is 0.401 e. The molecule has 1 aromatic rings. The Balaban J connectivity index is 2.09. The van der Waals surface area contributed by atoms with Crippen LogP contribution in [0.25, 0.3) is 6.08 Å². The van der Waals surface area contributed by atoms with Crippen LogP contribution in [-0.2, 0) is 4.79 Å². The van der Waals surface area contributed by atoms with Crippen LogP contribution in [0.5, 0.6) is 0 Å². The molecule has 0 aliphatic heterocycles. The van der Waals surface area contributed by atoms with E-state index in [4.69, 9.17) is 9.68 Å². The average Bonchev–Trinajstić information content (AvgIpc) is 2.96. The highest BCUT2D eigenvalue weighted by molar-refractivity contribution is 6.01. The number of rotatable bonds is 4. The molecule has 0 aromatic carbocycles. The molecule has 0 saturated heterocycles. The molecule has 1 N–H and O–H groups in total. The zero-order valence-corrected chi connectivity index (χ0v) is 12.2. The summed E-state index contributed by atoms with van der Waals surface area (Å²) in [5.74, 6) is -0.414. The summed E-state index contributed by atoms with van der Waals surface area (Å²) in [5, 5.41) is 22.5. The van der Waals surface area contributed by atoms with E-state index in [1.165, 1.54) is 18.2 Å². The highest BCUT2D eigenvalue weighted by Gasteiger charge is 2.24. The number of carbonyl (C=O) groups excluding carboxylic acids is 1. The molecule has 1 aliphatic rings. The molecule has 2 atom stereocenters. The van der Waals surface area contributed by atoms with Gasteiger partial charge in [-0.15, -0.1) is 0 Å². The van der Waals surface area contributed by atoms with Gasteiger partial charge in [0.2, 0.25) is 0 Å². The number of nitro groups is 1. The number of carbonyl (C=O) groups is 1. The maximum absolute atomic E-state index is 12.2. The van der Waals surface area contributed by atoms with Gasteiger partial charge in [0.05, 0.1) is 6.07 Å². The topological polar surface area (TPSA) is 109 Å². The molecule has 0 spiro atoms. The normalized spacial score (nSPS) is 21.9. The third kappa shape index (κ3) is 3.73. The van der Waals surface area contributed by atoms with Crippen LogP contribution in [0.1, 0.15) is 38.4 Å². The van der Waals surface area contributed by atoms with Crippen LogP contribution < -0.4 is 5.32 Å².